The molecule has 2 atom stereocenters. The van der Waals surface area contributed by atoms with Crippen molar-refractivity contribution >= 4 is 11.6 Å². The molecule has 0 spiro atoms. The molecule has 0 radical (unpaired) electrons. The number of aliphatic hydroxyl groups is 2. The summed E-state index contributed by atoms with van der Waals surface area (Å²) in [6.07, 6.45) is 9.03. The van der Waals surface area contributed by atoms with Gasteiger partial charge < -0.3 is 15.5 Å². The minimum Gasteiger partial charge on any atom is -0.504 e. The van der Waals surface area contributed by atoms with Gasteiger partial charge in [0.05, 0.1) is 19.2 Å². The Balaban J connectivity index is 0.000000369. The van der Waals surface area contributed by atoms with E-state index in [4.69, 9.17) is 0 Å². The van der Waals surface area contributed by atoms with E-state index in [1.165, 1.54) is 25.5 Å². The van der Waals surface area contributed by atoms with Crippen LogP contribution in [0.4, 0.5) is 0 Å². The molecule has 0 saturated heterocycles. The van der Waals surface area contributed by atoms with Gasteiger partial charge in [0, 0.05) is 29.7 Å². The van der Waals surface area contributed by atoms with E-state index >= 15 is 0 Å². The van der Waals surface area contributed by atoms with Crippen LogP contribution in [0.15, 0.2) is 35.1 Å². The molecule has 5 nitrogen and oxygen atoms in total. The molecule has 27 heavy (non-hydrogen) atoms. The number of quaternary nitrogens is 1. The van der Waals surface area contributed by atoms with Gasteiger partial charge in [0.25, 0.3) is 0 Å². The molecule has 3 aliphatic carbocycles. The maximum absolute atomic E-state index is 12.0. The summed E-state index contributed by atoms with van der Waals surface area (Å²) in [5.41, 5.74) is -0.949. The molecule has 150 valence electrons. The van der Waals surface area contributed by atoms with Crippen molar-refractivity contribution in [2.24, 2.45) is 11.3 Å². The molecule has 4 N–H and O–H groups in total. The third-order valence-corrected chi connectivity index (χ3v) is 6.25. The lowest BCUT2D eigenvalue weighted by Crippen LogP contribution is -2.80. The number of aliphatic hydroxyl groups excluding tert-OH is 1. The Morgan fingerprint density at radius 2 is 1.96 bits per heavy atom. The van der Waals surface area contributed by atoms with E-state index in [1.807, 2.05) is 13.8 Å². The van der Waals surface area contributed by atoms with E-state index in [0.29, 0.717) is 30.4 Å². The summed E-state index contributed by atoms with van der Waals surface area (Å²) < 4.78 is 0. The highest BCUT2D eigenvalue weighted by atomic mass is 16.3. The predicted octanol–water partition coefficient (Wildman–Crippen LogP) is 2.37. The first-order valence-electron chi connectivity index (χ1n) is 10.1. The molecule has 0 aromatic heterocycles. The van der Waals surface area contributed by atoms with E-state index in [0.717, 1.165) is 5.92 Å². The number of rotatable bonds is 4. The fourth-order valence-corrected chi connectivity index (χ4v) is 4.30. The van der Waals surface area contributed by atoms with Crippen molar-refractivity contribution in [3.8, 4) is 0 Å². The number of hydrogen-bond acceptors (Lipinski definition) is 4. The van der Waals surface area contributed by atoms with Crippen molar-refractivity contribution in [3.63, 3.8) is 0 Å². The SMILES string of the molecule is C/C=C1/C=CC(=O)C(O)=C1[C@@]1(CC)CC(=O)CC[C@]1(C)O.C[NH2+]CC1CC1. The van der Waals surface area contributed by atoms with Crippen molar-refractivity contribution in [3.05, 3.63) is 35.1 Å². The number of ketones is 2. The van der Waals surface area contributed by atoms with Crippen LogP contribution >= 0.6 is 0 Å². The van der Waals surface area contributed by atoms with Gasteiger partial charge in [-0.3, -0.25) is 9.59 Å². The molecule has 0 heterocycles. The van der Waals surface area contributed by atoms with Crippen LogP contribution in [0, 0.1) is 11.3 Å². The average molecular weight is 377 g/mol. The van der Waals surface area contributed by atoms with Crippen LogP contribution in [-0.4, -0.2) is 41.0 Å². The number of carbonyl (C=O) groups excluding carboxylic acids is 2. The molecule has 0 aromatic rings. The van der Waals surface area contributed by atoms with E-state index in [2.05, 4.69) is 12.4 Å². The van der Waals surface area contributed by atoms with Crippen LogP contribution in [0.3, 0.4) is 0 Å². The molecule has 3 rings (SSSR count). The van der Waals surface area contributed by atoms with E-state index in [9.17, 15) is 19.8 Å². The Morgan fingerprint density at radius 3 is 2.44 bits per heavy atom. The standard InChI is InChI=1S/C17H22O4.C5H11N/c1-4-11-6-7-13(19)15(20)14(11)17(5-2)10-12(18)8-9-16(17,3)21;1-6-4-5-2-3-5/h4,6-7,20-21H,5,8-10H2,1-3H3;5-6H,2-4H2,1H3/p+1/b11-4-;/t16-,17+;/m0./s1. The third kappa shape index (κ3) is 4.41. The summed E-state index contributed by atoms with van der Waals surface area (Å²) in [6.45, 7) is 6.74. The summed E-state index contributed by atoms with van der Waals surface area (Å²) in [6, 6.07) is 0. The lowest BCUT2D eigenvalue weighted by Gasteiger charge is -2.50. The van der Waals surface area contributed by atoms with Gasteiger partial charge in [-0.25, -0.2) is 0 Å². The van der Waals surface area contributed by atoms with Crippen LogP contribution in [0.2, 0.25) is 0 Å². The second-order valence-corrected chi connectivity index (χ2v) is 8.18. The molecule has 0 aliphatic heterocycles. The van der Waals surface area contributed by atoms with E-state index < -0.39 is 16.8 Å². The Bertz CT molecular complexity index is 682. The van der Waals surface area contributed by atoms with E-state index in [1.54, 1.807) is 19.1 Å². The first-order chi connectivity index (χ1) is 12.7. The second kappa shape index (κ2) is 8.53. The van der Waals surface area contributed by atoms with Gasteiger partial charge in [-0.15, -0.1) is 0 Å². The monoisotopic (exact) mass is 376 g/mol. The van der Waals surface area contributed by atoms with E-state index in [-0.39, 0.29) is 18.0 Å². The van der Waals surface area contributed by atoms with Crippen LogP contribution < -0.4 is 5.32 Å². The highest BCUT2D eigenvalue weighted by Gasteiger charge is 2.54. The molecule has 0 amide bonds. The number of nitrogens with two attached hydrogens (primary N) is 1. The van der Waals surface area contributed by atoms with Gasteiger partial charge in [-0.05, 0) is 51.2 Å². The number of carbonyl (C=O) groups is 2. The summed E-state index contributed by atoms with van der Waals surface area (Å²) in [7, 11) is 2.14. The number of hydrogen-bond donors (Lipinski definition) is 3. The molecule has 2 fully saturated rings. The first kappa shape index (κ1) is 21.6. The van der Waals surface area contributed by atoms with Crippen molar-refractivity contribution in [1.82, 2.24) is 0 Å². The van der Waals surface area contributed by atoms with Crippen LogP contribution in [0.1, 0.15) is 59.3 Å². The molecule has 0 bridgehead atoms. The smallest absolute Gasteiger partial charge is 0.220 e. The highest BCUT2D eigenvalue weighted by molar-refractivity contribution is 6.05. The lowest BCUT2D eigenvalue weighted by molar-refractivity contribution is -0.629. The predicted molar refractivity (Wildman–Crippen MR) is 105 cm³/mol. The molecule has 5 heteroatoms. The van der Waals surface area contributed by atoms with Crippen molar-refractivity contribution in [1.29, 1.82) is 0 Å². The minimum atomic E-state index is -1.14. The molecule has 0 aromatic carbocycles. The molecule has 2 saturated carbocycles. The zero-order chi connectivity index (χ0) is 20.2. The van der Waals surface area contributed by atoms with Gasteiger partial charge in [-0.1, -0.05) is 19.1 Å². The average Bonchev–Trinajstić information content (AvgIpc) is 3.45. The summed E-state index contributed by atoms with van der Waals surface area (Å²) in [5.74, 6) is 0.329. The van der Waals surface area contributed by atoms with Gasteiger partial charge in [-0.2, -0.15) is 0 Å². The zero-order valence-corrected chi connectivity index (χ0v) is 17.0. The zero-order valence-electron chi connectivity index (χ0n) is 17.0. The lowest BCUT2D eigenvalue weighted by atomic mass is 9.56. The Hall–Kier alpha value is -1.72. The Morgan fingerprint density at radius 1 is 1.30 bits per heavy atom. The fraction of sp³-hybridized carbons (Fsp3) is 0.636. The Labute approximate surface area is 162 Å². The van der Waals surface area contributed by atoms with Gasteiger partial charge in [0.1, 0.15) is 5.78 Å². The maximum atomic E-state index is 12.0. The summed E-state index contributed by atoms with van der Waals surface area (Å²) >= 11 is 0. The minimum absolute atomic E-state index is 0.0566. The molecular weight excluding hydrogens is 342 g/mol. The summed E-state index contributed by atoms with van der Waals surface area (Å²) in [5, 5.41) is 23.5. The van der Waals surface area contributed by atoms with Crippen LogP contribution in [-0.2, 0) is 9.59 Å². The third-order valence-electron chi connectivity index (χ3n) is 6.25. The Kier molecular flexibility index (Phi) is 6.82. The van der Waals surface area contributed by atoms with Gasteiger partial charge in [0.2, 0.25) is 5.78 Å². The highest BCUT2D eigenvalue weighted by Crippen LogP contribution is 2.54. The number of allylic oxidation sites excluding steroid dienone is 4. The maximum Gasteiger partial charge on any atom is 0.220 e. The van der Waals surface area contributed by atoms with Crippen LogP contribution in [0.25, 0.3) is 0 Å². The first-order valence-corrected chi connectivity index (χ1v) is 10.1. The van der Waals surface area contributed by atoms with Crippen LogP contribution in [0.5, 0.6) is 0 Å². The van der Waals surface area contributed by atoms with Crippen molar-refractivity contribution in [2.75, 3.05) is 13.6 Å². The van der Waals surface area contributed by atoms with Gasteiger partial charge >= 0.3 is 0 Å². The quantitative estimate of drug-likeness (QED) is 0.702. The molecular formula is C22H34NO4+. The largest absolute Gasteiger partial charge is 0.504 e. The second-order valence-electron chi connectivity index (χ2n) is 8.18. The summed E-state index contributed by atoms with van der Waals surface area (Å²) in [4.78, 5) is 23.9. The number of Topliss-reactive ketones (excluding diaryl/α,β-unsaturated/α-hetero) is 1. The van der Waals surface area contributed by atoms with Crippen molar-refractivity contribution in [2.45, 2.75) is 64.9 Å². The topological polar surface area (TPSA) is 91.2 Å². The molecule has 3 aliphatic rings. The van der Waals surface area contributed by atoms with Crippen molar-refractivity contribution < 1.29 is 25.1 Å². The fourth-order valence-electron chi connectivity index (χ4n) is 4.30. The molecule has 0 unspecified atom stereocenters. The van der Waals surface area contributed by atoms with Gasteiger partial charge in [0.15, 0.2) is 5.76 Å². The normalized spacial score (nSPS) is 32.6.